The van der Waals surface area contributed by atoms with Gasteiger partial charge in [-0.15, -0.1) is 0 Å². The van der Waals surface area contributed by atoms with E-state index in [0.717, 1.165) is 106 Å². The SMILES string of the molecule is CCCC[C@@H](CO)Nc1nc(N)nc2cccnc12.CCCC[C@H](CCC(C)=O)Nc1nc(N)nc2cccnc12.CCCC[C@H](CCS(C)(=O)=O)Nc1nc(N)nc2cccnc12.CCCC[C@H](CN)Nc1nc(N)nc2cccnc12.C[C@@H](CN)Nc1nc(N)nc2cccnc12. The first-order valence-corrected chi connectivity index (χ1v) is 35.7. The summed E-state index contributed by atoms with van der Waals surface area (Å²) in [5, 5.41) is 25.8. The normalized spacial score (nSPS) is 12.6. The number of carbonyl (C=O) groups excluding carboxylic acids is 1. The molecule has 532 valence electrons. The van der Waals surface area contributed by atoms with Crippen LogP contribution in [0.3, 0.4) is 0 Å². The molecule has 20 N–H and O–H groups in total. The van der Waals surface area contributed by atoms with Crippen LogP contribution in [0, 0.1) is 0 Å². The number of aliphatic hydroxyl groups is 1. The number of Topliss-reactive ketones (excluding diaryl/α,β-unsaturated/α-hetero) is 1. The summed E-state index contributed by atoms with van der Waals surface area (Å²) < 4.78 is 22.9. The molecule has 5 atom stereocenters. The van der Waals surface area contributed by atoms with Crippen molar-refractivity contribution in [3.8, 4) is 0 Å². The Labute approximate surface area is 578 Å². The van der Waals surface area contributed by atoms with Gasteiger partial charge in [0.1, 0.15) is 43.2 Å². The Kier molecular flexibility index (Phi) is 32.0. The molecule has 10 aromatic rings. The molecular formula is C67H99N27O4S. The standard InChI is InChI=1S/C16H23N5O.C15H23N5O2S.C13H20N6.C13H19N5O.C10H14N6/c1-3-4-6-12(9-8-11(2)22)19-15-14-13(7-5-10-18-14)20-16(17)21-15;1-3-4-6-11(8-10-23(2,21)22)18-14-13-12(7-5-9-17-13)19-15(16)20-14;1-2-3-5-9(8-14)17-12-11-10(6-4-7-16-11)18-13(15)19-12;1-2-3-5-9(8-19)16-12-11-10(6-4-7-15-11)17-13(14)18-12;1-6(5-11)14-9-8-7(3-2-4-13-8)15-10(12)16-9/h5,7,10,12H,3-4,6,8-9H2,1-2H3,(H3,17,19,20,21);5,7,9,11H,3-4,6,8,10H2,1-2H3,(H3,16,18,19,20);4,6-7,9H,2-3,5,8,14H2,1H3,(H3,15,17,18,19);4,6-7,9,19H,2-3,5,8H2,1H3,(H3,14,16,17,18);2-4,6H,5,11H2,1H3,(H3,12,14,15,16)/t12-;11-;2*9-;6-/m11100/s1. The zero-order chi connectivity index (χ0) is 71.7. The van der Waals surface area contributed by atoms with E-state index in [1.54, 1.807) is 50.0 Å². The summed E-state index contributed by atoms with van der Waals surface area (Å²) in [6.07, 6.45) is 24.0. The van der Waals surface area contributed by atoms with E-state index < -0.39 is 9.84 Å². The van der Waals surface area contributed by atoms with Gasteiger partial charge in [-0.3, -0.25) is 24.9 Å². The van der Waals surface area contributed by atoms with Gasteiger partial charge in [0, 0.05) is 80.9 Å². The lowest BCUT2D eigenvalue weighted by molar-refractivity contribution is -0.117. The number of hydrogen-bond donors (Lipinski definition) is 13. The highest BCUT2D eigenvalue weighted by molar-refractivity contribution is 7.90. The first-order valence-electron chi connectivity index (χ1n) is 33.6. The second kappa shape index (κ2) is 40.6. The van der Waals surface area contributed by atoms with Crippen molar-refractivity contribution in [1.29, 1.82) is 0 Å². The van der Waals surface area contributed by atoms with Crippen LogP contribution in [0.2, 0.25) is 0 Å². The fourth-order valence-electron chi connectivity index (χ4n) is 10.1. The molecule has 31 nitrogen and oxygen atoms in total. The van der Waals surface area contributed by atoms with Crippen molar-refractivity contribution in [1.82, 2.24) is 74.8 Å². The van der Waals surface area contributed by atoms with Crippen molar-refractivity contribution in [2.24, 2.45) is 11.5 Å². The van der Waals surface area contributed by atoms with Crippen LogP contribution >= 0.6 is 0 Å². The third kappa shape index (κ3) is 26.0. The first kappa shape index (κ1) is 78.0. The number of nitrogens with zero attached hydrogens (tertiary/aromatic N) is 15. The van der Waals surface area contributed by atoms with Gasteiger partial charge in [-0.1, -0.05) is 79.1 Å². The minimum atomic E-state index is -3.00. The maximum Gasteiger partial charge on any atom is 0.222 e. The Morgan fingerprint density at radius 3 is 0.990 bits per heavy atom. The Hall–Kier alpha value is -10.1. The highest BCUT2D eigenvalue weighted by Crippen LogP contribution is 2.26. The number of ketones is 1. The molecule has 0 aliphatic carbocycles. The Morgan fingerprint density at radius 2 is 0.707 bits per heavy atom. The number of carbonyl (C=O) groups is 1. The van der Waals surface area contributed by atoms with Gasteiger partial charge in [0.15, 0.2) is 29.1 Å². The summed E-state index contributed by atoms with van der Waals surface area (Å²) in [5.74, 6) is 4.49. The quantitative estimate of drug-likeness (QED) is 0.0194. The average molecular weight is 1380 g/mol. The fraction of sp³-hybridized carbons (Fsp3) is 0.463. The van der Waals surface area contributed by atoms with Gasteiger partial charge >= 0.3 is 0 Å². The van der Waals surface area contributed by atoms with Gasteiger partial charge in [0.25, 0.3) is 0 Å². The number of fused-ring (bicyclic) bond motifs is 5. The van der Waals surface area contributed by atoms with E-state index in [2.05, 4.69) is 129 Å². The minimum absolute atomic E-state index is 0.00387. The monoisotopic (exact) mass is 1380 g/mol. The van der Waals surface area contributed by atoms with E-state index >= 15 is 0 Å². The van der Waals surface area contributed by atoms with E-state index in [1.807, 2.05) is 55.5 Å². The second-order valence-corrected chi connectivity index (χ2v) is 26.1. The number of nitrogens with one attached hydrogen (secondary N) is 5. The van der Waals surface area contributed by atoms with Crippen molar-refractivity contribution in [2.45, 2.75) is 168 Å². The second-order valence-electron chi connectivity index (χ2n) is 23.8. The average Bonchev–Trinajstić information content (AvgIpc) is 0.851. The van der Waals surface area contributed by atoms with Crippen molar-refractivity contribution in [3.63, 3.8) is 0 Å². The van der Waals surface area contributed by atoms with Crippen molar-refractivity contribution in [2.75, 3.05) is 87.0 Å². The van der Waals surface area contributed by atoms with Gasteiger partial charge < -0.3 is 76.6 Å². The van der Waals surface area contributed by atoms with Crippen molar-refractivity contribution in [3.05, 3.63) is 91.6 Å². The summed E-state index contributed by atoms with van der Waals surface area (Å²) in [5.41, 5.74) is 46.9. The van der Waals surface area contributed by atoms with Gasteiger partial charge in [0.05, 0.1) is 46.0 Å². The number of nitrogen functional groups attached to an aromatic ring is 5. The number of aliphatic hydroxyl groups excluding tert-OH is 1. The maximum absolute atomic E-state index is 11.4. The van der Waals surface area contributed by atoms with Crippen molar-refractivity contribution < 1.29 is 18.3 Å². The largest absolute Gasteiger partial charge is 0.394 e. The third-order valence-electron chi connectivity index (χ3n) is 15.3. The molecule has 0 aromatic carbocycles. The number of hydrogen-bond acceptors (Lipinski definition) is 31. The van der Waals surface area contributed by atoms with Gasteiger partial charge in [-0.25, -0.2) is 33.3 Å². The molecule has 0 aliphatic rings. The van der Waals surface area contributed by atoms with Crippen LogP contribution in [-0.2, 0) is 14.6 Å². The lowest BCUT2D eigenvalue weighted by Crippen LogP contribution is -2.29. The summed E-state index contributed by atoms with van der Waals surface area (Å²) in [6, 6.07) is 18.7. The Bertz CT molecular complexity index is 4140. The molecule has 0 saturated heterocycles. The molecule has 10 aromatic heterocycles. The molecule has 0 saturated carbocycles. The molecule has 10 rings (SSSR count). The Balaban J connectivity index is 0.000000196. The molecule has 0 fully saturated rings. The van der Waals surface area contributed by atoms with Gasteiger partial charge in [-0.05, 0) is 113 Å². The van der Waals surface area contributed by atoms with Crippen LogP contribution in [0.4, 0.5) is 58.8 Å². The fourth-order valence-corrected chi connectivity index (χ4v) is 10.8. The van der Waals surface area contributed by atoms with E-state index in [-0.39, 0.29) is 78.1 Å². The topological polar surface area (TPSA) is 507 Å². The molecule has 0 unspecified atom stereocenters. The smallest absolute Gasteiger partial charge is 0.222 e. The lowest BCUT2D eigenvalue weighted by atomic mass is 10.0. The van der Waals surface area contributed by atoms with E-state index in [0.29, 0.717) is 88.1 Å². The molecule has 0 amide bonds. The molecule has 0 radical (unpaired) electrons. The number of sulfone groups is 1. The van der Waals surface area contributed by atoms with Crippen LogP contribution in [0.25, 0.3) is 55.2 Å². The highest BCUT2D eigenvalue weighted by Gasteiger charge is 2.19. The predicted octanol–water partition coefficient (Wildman–Crippen LogP) is 8.43. The number of unbranched alkanes of at least 4 members (excludes halogenated alkanes) is 4. The number of anilines is 10. The van der Waals surface area contributed by atoms with Crippen LogP contribution in [-0.4, -0.2) is 156 Å². The summed E-state index contributed by atoms with van der Waals surface area (Å²) in [6.45, 7) is 13.2. The zero-order valence-electron chi connectivity index (χ0n) is 57.8. The van der Waals surface area contributed by atoms with Gasteiger partial charge in [-0.2, -0.15) is 24.9 Å². The number of nitrogens with two attached hydrogens (primary N) is 7. The molecule has 0 bridgehead atoms. The Morgan fingerprint density at radius 1 is 0.424 bits per heavy atom. The summed E-state index contributed by atoms with van der Waals surface area (Å²) in [7, 11) is -3.00. The number of pyridine rings is 5. The van der Waals surface area contributed by atoms with Crippen LogP contribution in [0.5, 0.6) is 0 Å². The highest BCUT2D eigenvalue weighted by atomic mass is 32.2. The predicted molar refractivity (Wildman–Crippen MR) is 399 cm³/mol. The molecule has 10 heterocycles. The molecule has 0 aliphatic heterocycles. The van der Waals surface area contributed by atoms with Crippen LogP contribution < -0.4 is 66.7 Å². The molecule has 99 heavy (non-hydrogen) atoms. The summed E-state index contributed by atoms with van der Waals surface area (Å²) in [4.78, 5) is 74.5. The zero-order valence-corrected chi connectivity index (χ0v) is 58.6. The van der Waals surface area contributed by atoms with Crippen LogP contribution in [0.15, 0.2) is 91.6 Å². The first-order chi connectivity index (χ1) is 47.7. The van der Waals surface area contributed by atoms with E-state index in [9.17, 15) is 18.3 Å². The molecule has 0 spiro atoms. The summed E-state index contributed by atoms with van der Waals surface area (Å²) >= 11 is 0. The minimum Gasteiger partial charge on any atom is -0.394 e. The molecular weight excluding hydrogens is 1280 g/mol. The lowest BCUT2D eigenvalue weighted by Gasteiger charge is -2.19. The van der Waals surface area contributed by atoms with E-state index in [1.165, 1.54) is 6.26 Å². The maximum atomic E-state index is 11.4. The van der Waals surface area contributed by atoms with E-state index in [4.69, 9.17) is 40.1 Å². The number of aromatic nitrogens is 15. The van der Waals surface area contributed by atoms with Crippen LogP contribution in [0.1, 0.15) is 138 Å². The van der Waals surface area contributed by atoms with Crippen molar-refractivity contribution >= 4 is 130 Å². The number of rotatable bonds is 31. The molecule has 32 heteroatoms. The van der Waals surface area contributed by atoms with Gasteiger partial charge in [0.2, 0.25) is 29.7 Å². The third-order valence-corrected chi connectivity index (χ3v) is 16.2.